The van der Waals surface area contributed by atoms with E-state index in [1.165, 1.54) is 18.5 Å². The zero-order valence-corrected chi connectivity index (χ0v) is 18.5. The number of benzene rings is 1. The SMILES string of the molecule is NC(=O)C(CC1CCOCC1)Nc1ncnc(N2CCCC2c2ccc(C(F)(F)F)cc2)c1F. The Kier molecular flexibility index (Phi) is 7.20. The second-order valence-electron chi connectivity index (χ2n) is 8.72. The zero-order chi connectivity index (χ0) is 24.3. The Morgan fingerprint density at radius 2 is 1.88 bits per heavy atom. The van der Waals surface area contributed by atoms with E-state index < -0.39 is 29.5 Å². The summed E-state index contributed by atoms with van der Waals surface area (Å²) in [7, 11) is 0. The standard InChI is InChI=1S/C23H27F4N5O2/c24-19-21(31-17(20(28)33)12-14-7-10-34-11-8-14)29-13-30-22(19)32-9-1-2-18(32)15-3-5-16(6-4-15)23(25,26)27/h3-6,13-14,17-18H,1-2,7-12H2,(H2,28,33)(H,29,30,31). The molecule has 2 aliphatic rings. The number of nitrogens with zero attached hydrogens (tertiary/aromatic N) is 3. The maximum absolute atomic E-state index is 15.5. The third kappa shape index (κ3) is 5.40. The quantitative estimate of drug-likeness (QED) is 0.580. The Bertz CT molecular complexity index is 996. The molecule has 2 aromatic rings. The van der Waals surface area contributed by atoms with Crippen LogP contribution in [0.5, 0.6) is 0 Å². The lowest BCUT2D eigenvalue weighted by Gasteiger charge is -2.28. The first-order valence-electron chi connectivity index (χ1n) is 11.3. The van der Waals surface area contributed by atoms with E-state index in [0.717, 1.165) is 31.4 Å². The molecule has 0 bridgehead atoms. The summed E-state index contributed by atoms with van der Waals surface area (Å²) in [6.07, 6.45) is 0.188. The molecule has 0 saturated carbocycles. The molecule has 0 radical (unpaired) electrons. The predicted molar refractivity (Wildman–Crippen MR) is 118 cm³/mol. The van der Waals surface area contributed by atoms with E-state index in [9.17, 15) is 18.0 Å². The molecule has 1 aromatic heterocycles. The Labute approximate surface area is 194 Å². The van der Waals surface area contributed by atoms with Crippen molar-refractivity contribution in [3.05, 3.63) is 47.5 Å². The summed E-state index contributed by atoms with van der Waals surface area (Å²) < 4.78 is 59.6. The second kappa shape index (κ2) is 10.1. The molecule has 3 heterocycles. The van der Waals surface area contributed by atoms with E-state index in [4.69, 9.17) is 10.5 Å². The third-order valence-electron chi connectivity index (χ3n) is 6.48. The van der Waals surface area contributed by atoms with Crippen LogP contribution in [0.4, 0.5) is 29.2 Å². The molecule has 184 valence electrons. The van der Waals surface area contributed by atoms with Crippen molar-refractivity contribution < 1.29 is 27.1 Å². The maximum Gasteiger partial charge on any atom is 0.416 e. The number of halogens is 4. The van der Waals surface area contributed by atoms with Gasteiger partial charge in [0.15, 0.2) is 11.6 Å². The number of carbonyl (C=O) groups excluding carboxylic acids is 1. The van der Waals surface area contributed by atoms with Crippen LogP contribution in [0.25, 0.3) is 0 Å². The molecular formula is C23H27F4N5O2. The van der Waals surface area contributed by atoms with Crippen LogP contribution in [-0.4, -0.2) is 41.7 Å². The number of hydrogen-bond acceptors (Lipinski definition) is 6. The van der Waals surface area contributed by atoms with Crippen LogP contribution in [0.3, 0.4) is 0 Å². The minimum Gasteiger partial charge on any atom is -0.381 e. The molecule has 1 amide bonds. The second-order valence-corrected chi connectivity index (χ2v) is 8.72. The van der Waals surface area contributed by atoms with Gasteiger partial charge in [-0.25, -0.2) is 9.97 Å². The molecule has 0 spiro atoms. The summed E-state index contributed by atoms with van der Waals surface area (Å²) in [5.41, 5.74) is 5.48. The maximum atomic E-state index is 15.5. The van der Waals surface area contributed by atoms with Crippen molar-refractivity contribution in [1.29, 1.82) is 0 Å². The van der Waals surface area contributed by atoms with Crippen molar-refractivity contribution >= 4 is 17.5 Å². The zero-order valence-electron chi connectivity index (χ0n) is 18.5. The summed E-state index contributed by atoms with van der Waals surface area (Å²) in [6, 6.07) is 3.77. The van der Waals surface area contributed by atoms with E-state index in [1.807, 2.05) is 0 Å². The van der Waals surface area contributed by atoms with Crippen LogP contribution >= 0.6 is 0 Å². The minimum atomic E-state index is -4.42. The highest BCUT2D eigenvalue weighted by Gasteiger charge is 2.33. The fourth-order valence-electron chi connectivity index (χ4n) is 4.65. The third-order valence-corrected chi connectivity index (χ3v) is 6.48. The Balaban J connectivity index is 1.53. The molecule has 2 atom stereocenters. The first-order chi connectivity index (χ1) is 16.2. The largest absolute Gasteiger partial charge is 0.416 e. The molecule has 7 nitrogen and oxygen atoms in total. The van der Waals surface area contributed by atoms with Crippen molar-refractivity contribution in [2.45, 2.75) is 50.4 Å². The van der Waals surface area contributed by atoms with Crippen molar-refractivity contribution in [2.24, 2.45) is 11.7 Å². The molecule has 2 aliphatic heterocycles. The molecule has 3 N–H and O–H groups in total. The number of nitrogens with two attached hydrogens (primary N) is 1. The van der Waals surface area contributed by atoms with Crippen molar-refractivity contribution in [3.8, 4) is 0 Å². The van der Waals surface area contributed by atoms with Gasteiger partial charge in [0.2, 0.25) is 11.7 Å². The summed E-state index contributed by atoms with van der Waals surface area (Å²) in [4.78, 5) is 21.9. The monoisotopic (exact) mass is 481 g/mol. The lowest BCUT2D eigenvalue weighted by molar-refractivity contribution is -0.137. The van der Waals surface area contributed by atoms with Crippen LogP contribution in [0, 0.1) is 11.7 Å². The lowest BCUT2D eigenvalue weighted by Crippen LogP contribution is -2.38. The van der Waals surface area contributed by atoms with E-state index in [0.29, 0.717) is 38.2 Å². The number of rotatable bonds is 7. The number of primary amides is 1. The van der Waals surface area contributed by atoms with Gasteiger partial charge in [-0.2, -0.15) is 17.6 Å². The Hall–Kier alpha value is -2.95. The minimum absolute atomic E-state index is 0.0363. The first-order valence-corrected chi connectivity index (χ1v) is 11.3. The fraction of sp³-hybridized carbons (Fsp3) is 0.522. The predicted octanol–water partition coefficient (Wildman–Crippen LogP) is 4.06. The van der Waals surface area contributed by atoms with Gasteiger partial charge in [0.1, 0.15) is 12.4 Å². The van der Waals surface area contributed by atoms with Crippen molar-refractivity contribution in [3.63, 3.8) is 0 Å². The van der Waals surface area contributed by atoms with Gasteiger partial charge >= 0.3 is 6.18 Å². The summed E-state index contributed by atoms with van der Waals surface area (Å²) >= 11 is 0. The van der Waals surface area contributed by atoms with Gasteiger partial charge in [-0.15, -0.1) is 0 Å². The first kappa shape index (κ1) is 24.2. The number of aromatic nitrogens is 2. The van der Waals surface area contributed by atoms with Gasteiger partial charge in [0, 0.05) is 19.8 Å². The van der Waals surface area contributed by atoms with E-state index in [1.54, 1.807) is 4.90 Å². The molecule has 11 heteroatoms. The van der Waals surface area contributed by atoms with Crippen LogP contribution < -0.4 is 16.0 Å². The normalized spacial score (nSPS) is 20.4. The number of anilines is 2. The molecule has 0 aliphatic carbocycles. The van der Waals surface area contributed by atoms with Gasteiger partial charge in [-0.05, 0) is 55.7 Å². The molecule has 1 aromatic carbocycles. The van der Waals surface area contributed by atoms with Crippen LogP contribution in [0.1, 0.15) is 49.3 Å². The highest BCUT2D eigenvalue weighted by Crippen LogP contribution is 2.38. The van der Waals surface area contributed by atoms with Gasteiger partial charge in [-0.1, -0.05) is 12.1 Å². The lowest BCUT2D eigenvalue weighted by atomic mass is 9.92. The number of alkyl halides is 3. The smallest absolute Gasteiger partial charge is 0.381 e. The highest BCUT2D eigenvalue weighted by molar-refractivity contribution is 5.82. The summed E-state index contributed by atoms with van der Waals surface area (Å²) in [6.45, 7) is 1.71. The van der Waals surface area contributed by atoms with Gasteiger partial charge in [0.25, 0.3) is 0 Å². The van der Waals surface area contributed by atoms with Gasteiger partial charge in [-0.3, -0.25) is 4.79 Å². The molecule has 34 heavy (non-hydrogen) atoms. The Morgan fingerprint density at radius 1 is 1.18 bits per heavy atom. The molecule has 2 fully saturated rings. The van der Waals surface area contributed by atoms with E-state index >= 15 is 4.39 Å². The van der Waals surface area contributed by atoms with Gasteiger partial charge in [0.05, 0.1) is 11.6 Å². The van der Waals surface area contributed by atoms with Crippen molar-refractivity contribution in [2.75, 3.05) is 30.0 Å². The Morgan fingerprint density at radius 3 is 2.53 bits per heavy atom. The number of ether oxygens (including phenoxy) is 1. The average Bonchev–Trinajstić information content (AvgIpc) is 3.29. The van der Waals surface area contributed by atoms with Crippen LogP contribution in [-0.2, 0) is 15.7 Å². The molecule has 2 unspecified atom stereocenters. The summed E-state index contributed by atoms with van der Waals surface area (Å²) in [5.74, 6) is -1.19. The van der Waals surface area contributed by atoms with E-state index in [2.05, 4.69) is 15.3 Å². The highest BCUT2D eigenvalue weighted by atomic mass is 19.4. The van der Waals surface area contributed by atoms with Crippen LogP contribution in [0.15, 0.2) is 30.6 Å². The van der Waals surface area contributed by atoms with E-state index in [-0.39, 0.29) is 23.6 Å². The molecule has 4 rings (SSSR count). The molecule has 2 saturated heterocycles. The fourth-order valence-corrected chi connectivity index (χ4v) is 4.65. The average molecular weight is 481 g/mol. The number of carbonyl (C=O) groups is 1. The number of amides is 1. The topological polar surface area (TPSA) is 93.4 Å². The number of nitrogens with one attached hydrogen (secondary N) is 1. The summed E-state index contributed by atoms with van der Waals surface area (Å²) in [5, 5.41) is 2.84. The van der Waals surface area contributed by atoms with Gasteiger partial charge < -0.3 is 20.7 Å². The number of hydrogen-bond donors (Lipinski definition) is 2. The van der Waals surface area contributed by atoms with Crippen molar-refractivity contribution in [1.82, 2.24) is 9.97 Å². The van der Waals surface area contributed by atoms with Crippen LogP contribution in [0.2, 0.25) is 0 Å². The molecular weight excluding hydrogens is 454 g/mol.